The Hall–Kier alpha value is -3.15. The topological polar surface area (TPSA) is 81.4 Å². The highest BCUT2D eigenvalue weighted by Gasteiger charge is 2.18. The number of hydrogen-bond donors (Lipinski definition) is 1. The van der Waals surface area contributed by atoms with E-state index >= 15 is 0 Å². The zero-order valence-electron chi connectivity index (χ0n) is 15.8. The summed E-state index contributed by atoms with van der Waals surface area (Å²) >= 11 is 0. The van der Waals surface area contributed by atoms with Crippen molar-refractivity contribution in [2.24, 2.45) is 0 Å². The van der Waals surface area contributed by atoms with Gasteiger partial charge >= 0.3 is 5.63 Å². The third kappa shape index (κ3) is 3.84. The highest BCUT2D eigenvalue weighted by molar-refractivity contribution is 5.86. The SMILES string of the molecule is Cc1c(C)c2ccc(O[C@@H](C)C(=O)NCc3ccccn3)c(C)c2oc1=O. The Balaban J connectivity index is 1.77. The summed E-state index contributed by atoms with van der Waals surface area (Å²) in [6.45, 7) is 7.45. The molecule has 1 atom stereocenters. The summed E-state index contributed by atoms with van der Waals surface area (Å²) in [6.07, 6.45) is 0.972. The number of nitrogens with zero attached hydrogens (tertiary/aromatic N) is 1. The maximum Gasteiger partial charge on any atom is 0.339 e. The van der Waals surface area contributed by atoms with Crippen LogP contribution in [0.15, 0.2) is 45.7 Å². The lowest BCUT2D eigenvalue weighted by atomic mass is 10.0. The number of pyridine rings is 1. The lowest BCUT2D eigenvalue weighted by molar-refractivity contribution is -0.127. The first-order chi connectivity index (χ1) is 12.9. The van der Waals surface area contributed by atoms with Crippen molar-refractivity contribution in [1.29, 1.82) is 0 Å². The molecule has 0 saturated carbocycles. The molecular weight excluding hydrogens is 344 g/mol. The van der Waals surface area contributed by atoms with Crippen molar-refractivity contribution in [2.45, 2.75) is 40.3 Å². The number of carbonyl (C=O) groups is 1. The smallest absolute Gasteiger partial charge is 0.339 e. The van der Waals surface area contributed by atoms with E-state index in [0.717, 1.165) is 16.6 Å². The van der Waals surface area contributed by atoms with Gasteiger partial charge in [-0.2, -0.15) is 0 Å². The second-order valence-corrected chi connectivity index (χ2v) is 6.50. The molecule has 27 heavy (non-hydrogen) atoms. The van der Waals surface area contributed by atoms with Gasteiger partial charge in [-0.1, -0.05) is 6.07 Å². The molecule has 3 aromatic rings. The van der Waals surface area contributed by atoms with Crippen LogP contribution in [0.2, 0.25) is 0 Å². The van der Waals surface area contributed by atoms with Crippen molar-refractivity contribution in [3.63, 3.8) is 0 Å². The molecule has 0 aliphatic heterocycles. The molecule has 0 aliphatic rings. The molecule has 6 nitrogen and oxygen atoms in total. The Morgan fingerprint density at radius 1 is 1.15 bits per heavy atom. The monoisotopic (exact) mass is 366 g/mol. The summed E-state index contributed by atoms with van der Waals surface area (Å²) in [5.74, 6) is 0.260. The number of rotatable bonds is 5. The fraction of sp³-hybridized carbons (Fsp3) is 0.286. The fourth-order valence-electron chi connectivity index (χ4n) is 2.82. The molecule has 1 aromatic carbocycles. The van der Waals surface area contributed by atoms with Crippen LogP contribution >= 0.6 is 0 Å². The van der Waals surface area contributed by atoms with E-state index < -0.39 is 6.10 Å². The molecule has 0 bridgehead atoms. The molecule has 0 spiro atoms. The summed E-state index contributed by atoms with van der Waals surface area (Å²) < 4.78 is 11.3. The van der Waals surface area contributed by atoms with Crippen molar-refractivity contribution < 1.29 is 13.9 Å². The first-order valence-corrected chi connectivity index (χ1v) is 8.76. The molecule has 2 heterocycles. The van der Waals surface area contributed by atoms with Crippen LogP contribution in [0, 0.1) is 20.8 Å². The van der Waals surface area contributed by atoms with E-state index in [4.69, 9.17) is 9.15 Å². The van der Waals surface area contributed by atoms with Gasteiger partial charge in [0.2, 0.25) is 0 Å². The van der Waals surface area contributed by atoms with Gasteiger partial charge in [0.15, 0.2) is 6.10 Å². The molecule has 140 valence electrons. The van der Waals surface area contributed by atoms with Gasteiger partial charge in [-0.25, -0.2) is 4.79 Å². The van der Waals surface area contributed by atoms with Gasteiger partial charge in [-0.05, 0) is 57.5 Å². The van der Waals surface area contributed by atoms with E-state index in [-0.39, 0.29) is 11.5 Å². The van der Waals surface area contributed by atoms with Crippen molar-refractivity contribution in [3.05, 3.63) is 69.3 Å². The zero-order chi connectivity index (χ0) is 19.6. The fourth-order valence-corrected chi connectivity index (χ4v) is 2.82. The highest BCUT2D eigenvalue weighted by atomic mass is 16.5. The maximum atomic E-state index is 12.3. The number of carbonyl (C=O) groups excluding carboxylic acids is 1. The Bertz CT molecular complexity index is 1040. The molecular formula is C21H22N2O4. The number of ether oxygens (including phenoxy) is 1. The average Bonchev–Trinajstić information content (AvgIpc) is 2.67. The molecule has 1 amide bonds. The minimum atomic E-state index is -0.705. The molecule has 2 aromatic heterocycles. The highest BCUT2D eigenvalue weighted by Crippen LogP contribution is 2.29. The largest absolute Gasteiger partial charge is 0.480 e. The van der Waals surface area contributed by atoms with Gasteiger partial charge in [-0.3, -0.25) is 9.78 Å². The molecule has 0 fully saturated rings. The first-order valence-electron chi connectivity index (χ1n) is 8.76. The van der Waals surface area contributed by atoms with Crippen LogP contribution in [-0.4, -0.2) is 17.0 Å². The van der Waals surface area contributed by atoms with E-state index in [9.17, 15) is 9.59 Å². The van der Waals surface area contributed by atoms with E-state index in [2.05, 4.69) is 10.3 Å². The number of amides is 1. The lowest BCUT2D eigenvalue weighted by Gasteiger charge is -2.17. The maximum absolute atomic E-state index is 12.3. The van der Waals surface area contributed by atoms with Crippen LogP contribution in [0.4, 0.5) is 0 Å². The van der Waals surface area contributed by atoms with Crippen LogP contribution in [0.1, 0.15) is 29.3 Å². The van der Waals surface area contributed by atoms with Gasteiger partial charge in [0.05, 0.1) is 12.2 Å². The number of fused-ring (bicyclic) bond motifs is 1. The minimum Gasteiger partial charge on any atom is -0.480 e. The molecule has 0 aliphatic carbocycles. The van der Waals surface area contributed by atoms with Gasteiger partial charge in [0.25, 0.3) is 5.91 Å². The third-order valence-corrected chi connectivity index (χ3v) is 4.67. The lowest BCUT2D eigenvalue weighted by Crippen LogP contribution is -2.36. The molecule has 6 heteroatoms. The van der Waals surface area contributed by atoms with Crippen LogP contribution in [0.3, 0.4) is 0 Å². The van der Waals surface area contributed by atoms with Gasteiger partial charge in [0, 0.05) is 22.7 Å². The van der Waals surface area contributed by atoms with Crippen LogP contribution in [-0.2, 0) is 11.3 Å². The molecule has 0 unspecified atom stereocenters. The Morgan fingerprint density at radius 2 is 1.93 bits per heavy atom. The van der Waals surface area contributed by atoms with E-state index in [1.54, 1.807) is 26.1 Å². The van der Waals surface area contributed by atoms with Crippen molar-refractivity contribution in [2.75, 3.05) is 0 Å². The third-order valence-electron chi connectivity index (χ3n) is 4.67. The number of benzene rings is 1. The summed E-state index contributed by atoms with van der Waals surface area (Å²) in [5.41, 5.74) is 3.07. The van der Waals surface area contributed by atoms with Gasteiger partial charge in [0.1, 0.15) is 11.3 Å². The van der Waals surface area contributed by atoms with E-state index in [1.807, 2.05) is 38.1 Å². The number of hydrogen-bond acceptors (Lipinski definition) is 5. The zero-order valence-corrected chi connectivity index (χ0v) is 15.8. The summed E-state index contributed by atoms with van der Waals surface area (Å²) in [5, 5.41) is 3.67. The standard InChI is InChI=1S/C21H22N2O4/c1-12-13(2)21(25)27-19-14(3)18(9-8-17(12)19)26-15(4)20(24)23-11-16-7-5-6-10-22-16/h5-10,15H,11H2,1-4H3,(H,23,24)/t15-/m0/s1. The Morgan fingerprint density at radius 3 is 2.63 bits per heavy atom. The molecule has 1 N–H and O–H groups in total. The van der Waals surface area contributed by atoms with E-state index in [1.165, 1.54) is 0 Å². The van der Waals surface area contributed by atoms with Crippen molar-refractivity contribution >= 4 is 16.9 Å². The van der Waals surface area contributed by atoms with E-state index in [0.29, 0.717) is 29.0 Å². The molecule has 0 radical (unpaired) electrons. The predicted octanol–water partition coefficient (Wildman–Crippen LogP) is 3.20. The Kier molecular flexibility index (Phi) is 5.26. The second-order valence-electron chi connectivity index (χ2n) is 6.50. The van der Waals surface area contributed by atoms with Crippen molar-refractivity contribution in [1.82, 2.24) is 10.3 Å². The number of aromatic nitrogens is 1. The second kappa shape index (κ2) is 7.61. The number of aryl methyl sites for hydroxylation is 2. The van der Waals surface area contributed by atoms with Gasteiger partial charge in [-0.15, -0.1) is 0 Å². The summed E-state index contributed by atoms with van der Waals surface area (Å²) in [6, 6.07) is 9.17. The quantitative estimate of drug-likeness (QED) is 0.701. The summed E-state index contributed by atoms with van der Waals surface area (Å²) in [7, 11) is 0. The first kappa shape index (κ1) is 18.6. The average molecular weight is 366 g/mol. The predicted molar refractivity (Wildman–Crippen MR) is 103 cm³/mol. The van der Waals surface area contributed by atoms with Crippen LogP contribution < -0.4 is 15.7 Å². The summed E-state index contributed by atoms with van der Waals surface area (Å²) in [4.78, 5) is 28.5. The number of nitrogens with one attached hydrogen (secondary N) is 1. The van der Waals surface area contributed by atoms with Crippen LogP contribution in [0.5, 0.6) is 5.75 Å². The van der Waals surface area contributed by atoms with Crippen LogP contribution in [0.25, 0.3) is 11.0 Å². The minimum absolute atomic E-state index is 0.248. The van der Waals surface area contributed by atoms with Gasteiger partial charge < -0.3 is 14.5 Å². The normalized spacial score (nSPS) is 12.0. The molecule has 0 saturated heterocycles. The van der Waals surface area contributed by atoms with Crippen molar-refractivity contribution in [3.8, 4) is 5.75 Å². The molecule has 3 rings (SSSR count). The Labute approximate surface area is 157 Å².